The predicted octanol–water partition coefficient (Wildman–Crippen LogP) is 2.54. The Kier molecular flexibility index (Phi) is 5.10. The highest BCUT2D eigenvalue weighted by Crippen LogP contribution is 2.39. The van der Waals surface area contributed by atoms with Crippen LogP contribution in [0.1, 0.15) is 22.5 Å². The van der Waals surface area contributed by atoms with Crippen molar-refractivity contribution in [1.82, 2.24) is 5.32 Å². The third-order valence-electron chi connectivity index (χ3n) is 5.46. The van der Waals surface area contributed by atoms with Gasteiger partial charge >= 0.3 is 5.63 Å². The van der Waals surface area contributed by atoms with Crippen LogP contribution in [0.5, 0.6) is 0 Å². The van der Waals surface area contributed by atoms with Gasteiger partial charge in [0.1, 0.15) is 16.9 Å². The second kappa shape index (κ2) is 7.75. The summed E-state index contributed by atoms with van der Waals surface area (Å²) < 4.78 is 11.6. The molecule has 1 amide bonds. The van der Waals surface area contributed by atoms with Crippen molar-refractivity contribution in [3.05, 3.63) is 69.3 Å². The Morgan fingerprint density at radius 1 is 0.968 bits per heavy atom. The van der Waals surface area contributed by atoms with Gasteiger partial charge < -0.3 is 24.1 Å². The number of hydrogen-bond donors (Lipinski definition) is 1. The van der Waals surface area contributed by atoms with Gasteiger partial charge in [0, 0.05) is 21.9 Å². The summed E-state index contributed by atoms with van der Waals surface area (Å²) in [6.07, 6.45) is -0.287. The Labute approximate surface area is 177 Å². The highest BCUT2D eigenvalue weighted by molar-refractivity contribution is 6.06. The van der Waals surface area contributed by atoms with Gasteiger partial charge in [-0.15, -0.1) is 0 Å². The highest BCUT2D eigenvalue weighted by atomic mass is 16.4. The van der Waals surface area contributed by atoms with Crippen LogP contribution in [-0.2, 0) is 16.0 Å². The number of furan rings is 1. The summed E-state index contributed by atoms with van der Waals surface area (Å²) in [7, 11) is 0. The molecule has 0 fully saturated rings. The Morgan fingerprint density at radius 3 is 2.32 bits per heavy atom. The van der Waals surface area contributed by atoms with E-state index in [4.69, 9.17) is 8.83 Å². The summed E-state index contributed by atoms with van der Waals surface area (Å²) >= 11 is 0. The van der Waals surface area contributed by atoms with E-state index >= 15 is 0 Å². The molecule has 0 unspecified atom stereocenters. The summed E-state index contributed by atoms with van der Waals surface area (Å²) in [5, 5.41) is 14.4. The molecule has 0 spiro atoms. The number of fused-ring (bicyclic) bond motifs is 2. The Bertz CT molecular complexity index is 1400. The second-order valence-corrected chi connectivity index (χ2v) is 7.47. The van der Waals surface area contributed by atoms with E-state index in [1.54, 1.807) is 6.92 Å². The molecule has 31 heavy (non-hydrogen) atoms. The number of nitrogens with one attached hydrogen (secondary N) is 1. The summed E-state index contributed by atoms with van der Waals surface area (Å²) in [6.45, 7) is 4.85. The molecule has 7 nitrogen and oxygen atoms in total. The van der Waals surface area contributed by atoms with E-state index in [1.165, 1.54) is 0 Å². The van der Waals surface area contributed by atoms with Crippen LogP contribution in [0, 0.1) is 20.8 Å². The van der Waals surface area contributed by atoms with Crippen LogP contribution in [0.15, 0.2) is 50.0 Å². The molecule has 2 heterocycles. The lowest BCUT2D eigenvalue weighted by Crippen LogP contribution is -2.38. The zero-order chi connectivity index (χ0) is 22.3. The molecule has 0 aliphatic heterocycles. The van der Waals surface area contributed by atoms with Crippen molar-refractivity contribution in [1.29, 1.82) is 0 Å². The number of rotatable bonds is 5. The van der Waals surface area contributed by atoms with Crippen molar-refractivity contribution >= 4 is 33.8 Å². The smallest absolute Gasteiger partial charge is 0.340 e. The maximum atomic E-state index is 12.6. The number of carboxylic acids is 1. The molecule has 0 radical (unpaired) electrons. The van der Waals surface area contributed by atoms with Crippen molar-refractivity contribution in [2.24, 2.45) is 0 Å². The molecule has 2 aromatic carbocycles. The minimum absolute atomic E-state index is 0.184. The van der Waals surface area contributed by atoms with Gasteiger partial charge in [0.15, 0.2) is 0 Å². The first-order valence-corrected chi connectivity index (χ1v) is 9.79. The standard InChI is InChI=1S/C24H21NO6/c1-12-16-9-18-21(15-7-5-4-6-8-15)14(3)30-23(18)13(2)22(16)31-24(29)17(12)10-19(26)25-11-20(27)28/h4-9H,10-11H2,1-3H3,(H,25,26)(H,27,28)/p-1. The lowest BCUT2D eigenvalue weighted by atomic mass is 9.96. The van der Waals surface area contributed by atoms with E-state index in [0.717, 1.165) is 22.3 Å². The first kappa shape index (κ1) is 20.4. The third kappa shape index (κ3) is 3.59. The van der Waals surface area contributed by atoms with E-state index in [2.05, 4.69) is 5.32 Å². The third-order valence-corrected chi connectivity index (χ3v) is 5.46. The van der Waals surface area contributed by atoms with Gasteiger partial charge in [-0.2, -0.15) is 0 Å². The summed E-state index contributed by atoms with van der Waals surface area (Å²) in [4.78, 5) is 35.2. The van der Waals surface area contributed by atoms with Crippen LogP contribution >= 0.6 is 0 Å². The van der Waals surface area contributed by atoms with Gasteiger partial charge in [0.2, 0.25) is 5.91 Å². The normalized spacial score (nSPS) is 11.2. The molecular weight excluding hydrogens is 398 g/mol. The fraction of sp³-hybridized carbons (Fsp3) is 0.208. The number of carboxylic acid groups (broad SMARTS) is 1. The Balaban J connectivity index is 1.91. The molecule has 0 aliphatic carbocycles. The van der Waals surface area contributed by atoms with Crippen LogP contribution in [-0.4, -0.2) is 18.4 Å². The second-order valence-electron chi connectivity index (χ2n) is 7.47. The molecule has 0 saturated carbocycles. The van der Waals surface area contributed by atoms with Crippen LogP contribution in [0.3, 0.4) is 0 Å². The lowest BCUT2D eigenvalue weighted by molar-refractivity contribution is -0.304. The minimum Gasteiger partial charge on any atom is -0.548 e. The molecular formula is C24H20NO6-. The maximum absolute atomic E-state index is 12.6. The fourth-order valence-corrected chi connectivity index (χ4v) is 3.94. The zero-order valence-corrected chi connectivity index (χ0v) is 17.3. The molecule has 0 saturated heterocycles. The topological polar surface area (TPSA) is 113 Å². The predicted molar refractivity (Wildman–Crippen MR) is 114 cm³/mol. The molecule has 2 aromatic heterocycles. The van der Waals surface area contributed by atoms with E-state index in [9.17, 15) is 19.5 Å². The molecule has 0 bridgehead atoms. The highest BCUT2D eigenvalue weighted by Gasteiger charge is 2.21. The summed E-state index contributed by atoms with van der Waals surface area (Å²) in [6, 6.07) is 11.8. The lowest BCUT2D eigenvalue weighted by Gasteiger charge is -2.11. The number of benzene rings is 2. The minimum atomic E-state index is -1.41. The van der Waals surface area contributed by atoms with Gasteiger partial charge in [-0.25, -0.2) is 4.79 Å². The zero-order valence-electron chi connectivity index (χ0n) is 17.3. The Hall–Kier alpha value is -3.87. The molecule has 4 rings (SSSR count). The maximum Gasteiger partial charge on any atom is 0.340 e. The number of aliphatic carboxylic acids is 1. The van der Waals surface area contributed by atoms with Gasteiger partial charge in [0.25, 0.3) is 0 Å². The first-order chi connectivity index (χ1) is 14.8. The summed E-state index contributed by atoms with van der Waals surface area (Å²) in [5.41, 5.74) is 3.87. The van der Waals surface area contributed by atoms with E-state index in [0.29, 0.717) is 27.7 Å². The number of carbonyl (C=O) groups excluding carboxylic acids is 2. The molecule has 0 aliphatic rings. The largest absolute Gasteiger partial charge is 0.548 e. The number of carbonyl (C=O) groups is 2. The van der Waals surface area contributed by atoms with Crippen molar-refractivity contribution in [2.45, 2.75) is 27.2 Å². The fourth-order valence-electron chi connectivity index (χ4n) is 3.94. The molecule has 4 aromatic rings. The Morgan fingerprint density at radius 2 is 1.65 bits per heavy atom. The van der Waals surface area contributed by atoms with Crippen molar-refractivity contribution < 1.29 is 23.5 Å². The molecule has 7 heteroatoms. The molecule has 158 valence electrons. The van der Waals surface area contributed by atoms with Gasteiger partial charge in [0.05, 0.1) is 24.5 Å². The molecule has 1 N–H and O–H groups in total. The van der Waals surface area contributed by atoms with Gasteiger partial charge in [-0.3, -0.25) is 4.79 Å². The van der Waals surface area contributed by atoms with Crippen molar-refractivity contribution in [2.75, 3.05) is 6.54 Å². The van der Waals surface area contributed by atoms with Crippen molar-refractivity contribution in [3.8, 4) is 11.1 Å². The van der Waals surface area contributed by atoms with Crippen LogP contribution < -0.4 is 16.0 Å². The van der Waals surface area contributed by atoms with Gasteiger partial charge in [-0.1, -0.05) is 30.3 Å². The first-order valence-electron chi connectivity index (χ1n) is 9.79. The van der Waals surface area contributed by atoms with E-state index in [1.807, 2.05) is 50.2 Å². The van der Waals surface area contributed by atoms with Crippen molar-refractivity contribution in [3.63, 3.8) is 0 Å². The van der Waals surface area contributed by atoms with Crippen LogP contribution in [0.2, 0.25) is 0 Å². The van der Waals surface area contributed by atoms with Crippen LogP contribution in [0.4, 0.5) is 0 Å². The monoisotopic (exact) mass is 418 g/mol. The van der Waals surface area contributed by atoms with E-state index in [-0.39, 0.29) is 12.0 Å². The SMILES string of the molecule is Cc1oc2c(C)c3oc(=O)c(CC(=O)NCC(=O)[O-])c(C)c3cc2c1-c1ccccc1. The number of hydrogen-bond acceptors (Lipinski definition) is 6. The van der Waals surface area contributed by atoms with Crippen LogP contribution in [0.25, 0.3) is 33.1 Å². The average Bonchev–Trinajstić information content (AvgIpc) is 3.07. The van der Waals surface area contributed by atoms with Gasteiger partial charge in [-0.05, 0) is 38.0 Å². The quantitative estimate of drug-likeness (QED) is 0.499. The summed E-state index contributed by atoms with van der Waals surface area (Å²) in [5.74, 6) is -1.25. The van der Waals surface area contributed by atoms with E-state index < -0.39 is 24.0 Å². The molecule has 0 atom stereocenters. The average molecular weight is 418 g/mol. The number of amides is 1. The number of aryl methyl sites for hydroxylation is 3.